The van der Waals surface area contributed by atoms with Crippen LogP contribution in [0.3, 0.4) is 0 Å². The van der Waals surface area contributed by atoms with Crippen LogP contribution in [0.2, 0.25) is 0 Å². The number of hydrogen-bond donors (Lipinski definition) is 1. The minimum absolute atomic E-state index is 0.213. The largest absolute Gasteiger partial charge is 0.495 e. The lowest BCUT2D eigenvalue weighted by Crippen LogP contribution is -2.41. The van der Waals surface area contributed by atoms with E-state index in [4.69, 9.17) is 15.2 Å². The van der Waals surface area contributed by atoms with Gasteiger partial charge in [-0.3, -0.25) is 0 Å². The molecule has 0 aliphatic carbocycles. The number of ether oxygens (including phenoxy) is 2. The molecule has 2 saturated heterocycles. The van der Waals surface area contributed by atoms with E-state index in [0.29, 0.717) is 24.7 Å². The molecule has 1 aromatic rings. The molecule has 27 heavy (non-hydrogen) atoms. The number of likely N-dealkylation sites (tertiary alicyclic amines) is 1. The Morgan fingerprint density at radius 2 is 1.74 bits per heavy atom. The second kappa shape index (κ2) is 7.87. The van der Waals surface area contributed by atoms with Crippen LogP contribution in [0, 0.1) is 0 Å². The quantitative estimate of drug-likeness (QED) is 0.809. The van der Waals surface area contributed by atoms with Crippen LogP contribution in [0.4, 0.5) is 16.2 Å². The Kier molecular flexibility index (Phi) is 5.72. The molecule has 0 saturated carbocycles. The highest BCUT2D eigenvalue weighted by Gasteiger charge is 2.30. The molecule has 2 aliphatic rings. The van der Waals surface area contributed by atoms with Crippen LogP contribution in [0.15, 0.2) is 12.1 Å². The summed E-state index contributed by atoms with van der Waals surface area (Å²) < 4.78 is 11.0. The van der Waals surface area contributed by atoms with Gasteiger partial charge in [0.2, 0.25) is 0 Å². The Bertz CT molecular complexity index is 670. The average Bonchev–Trinajstić information content (AvgIpc) is 3.14. The predicted molar refractivity (Wildman–Crippen MR) is 109 cm³/mol. The highest BCUT2D eigenvalue weighted by molar-refractivity contribution is 5.70. The summed E-state index contributed by atoms with van der Waals surface area (Å²) in [6, 6.07) is 4.18. The van der Waals surface area contributed by atoms with Gasteiger partial charge in [0.05, 0.1) is 12.8 Å². The molecule has 0 aromatic heterocycles. The van der Waals surface area contributed by atoms with Crippen molar-refractivity contribution in [3.05, 3.63) is 17.7 Å². The van der Waals surface area contributed by atoms with Gasteiger partial charge >= 0.3 is 6.09 Å². The number of nitrogen functional groups attached to an aromatic ring is 1. The third-order valence-corrected chi connectivity index (χ3v) is 5.41. The Morgan fingerprint density at radius 1 is 1.11 bits per heavy atom. The summed E-state index contributed by atoms with van der Waals surface area (Å²) in [6.45, 7) is 9.30. The molecule has 2 heterocycles. The number of carbonyl (C=O) groups excluding carboxylic acids is 1. The molecule has 6 heteroatoms. The number of piperidine rings is 1. The van der Waals surface area contributed by atoms with Gasteiger partial charge in [-0.15, -0.1) is 0 Å². The van der Waals surface area contributed by atoms with E-state index in [2.05, 4.69) is 17.0 Å². The van der Waals surface area contributed by atoms with E-state index in [0.717, 1.165) is 31.7 Å². The Balaban J connectivity index is 1.75. The summed E-state index contributed by atoms with van der Waals surface area (Å²) in [4.78, 5) is 16.6. The molecule has 2 fully saturated rings. The molecule has 0 atom stereocenters. The van der Waals surface area contributed by atoms with Crippen molar-refractivity contribution >= 4 is 17.5 Å². The van der Waals surface area contributed by atoms with Crippen LogP contribution >= 0.6 is 0 Å². The molecule has 1 aromatic carbocycles. The Hall–Kier alpha value is -2.11. The van der Waals surface area contributed by atoms with E-state index < -0.39 is 5.60 Å². The zero-order valence-corrected chi connectivity index (χ0v) is 17.1. The zero-order chi connectivity index (χ0) is 19.6. The molecule has 2 aliphatic heterocycles. The molecule has 0 bridgehead atoms. The number of anilines is 2. The molecule has 150 valence electrons. The summed E-state index contributed by atoms with van der Waals surface area (Å²) in [5.74, 6) is 1.14. The Labute approximate surface area is 162 Å². The summed E-state index contributed by atoms with van der Waals surface area (Å²) in [6.07, 6.45) is 4.08. The number of carbonyl (C=O) groups is 1. The molecule has 3 rings (SSSR count). The van der Waals surface area contributed by atoms with Gasteiger partial charge in [-0.1, -0.05) is 0 Å². The highest BCUT2D eigenvalue weighted by Crippen LogP contribution is 2.41. The normalized spacial score (nSPS) is 18.7. The number of nitrogens with two attached hydrogens (primary N) is 1. The van der Waals surface area contributed by atoms with Crippen molar-refractivity contribution in [2.24, 2.45) is 0 Å². The van der Waals surface area contributed by atoms with E-state index in [-0.39, 0.29) is 6.09 Å². The van der Waals surface area contributed by atoms with Crippen molar-refractivity contribution < 1.29 is 14.3 Å². The van der Waals surface area contributed by atoms with Crippen LogP contribution in [0.1, 0.15) is 57.9 Å². The van der Waals surface area contributed by atoms with E-state index in [1.807, 2.05) is 25.7 Å². The smallest absolute Gasteiger partial charge is 0.410 e. The highest BCUT2D eigenvalue weighted by atomic mass is 16.6. The second-order valence-electron chi connectivity index (χ2n) is 8.59. The number of rotatable bonds is 3. The molecule has 1 amide bonds. The van der Waals surface area contributed by atoms with Crippen LogP contribution in [-0.2, 0) is 4.74 Å². The summed E-state index contributed by atoms with van der Waals surface area (Å²) in [5, 5.41) is 0. The molecule has 6 nitrogen and oxygen atoms in total. The minimum atomic E-state index is -0.457. The standard InChI is InChI=1S/C21H33N3O3/c1-21(2,3)27-20(25)24-11-7-15(8-12-24)16-13-17(22)19(26-4)14-18(16)23-9-5-6-10-23/h13-15H,5-12,22H2,1-4H3. The molecule has 2 N–H and O–H groups in total. The van der Waals surface area contributed by atoms with Crippen molar-refractivity contribution in [3.63, 3.8) is 0 Å². The summed E-state index contributed by atoms with van der Waals surface area (Å²) in [5.41, 5.74) is 8.99. The number of nitrogens with zero attached hydrogens (tertiary/aromatic N) is 2. The van der Waals surface area contributed by atoms with Crippen LogP contribution < -0.4 is 15.4 Å². The van der Waals surface area contributed by atoms with Crippen molar-refractivity contribution in [1.29, 1.82) is 0 Å². The SMILES string of the molecule is COc1cc(N2CCCC2)c(C2CCN(C(=O)OC(C)(C)C)CC2)cc1N. The number of amides is 1. The third kappa shape index (κ3) is 4.60. The van der Waals surface area contributed by atoms with Crippen LogP contribution in [-0.4, -0.2) is 49.9 Å². The maximum absolute atomic E-state index is 12.3. The van der Waals surface area contributed by atoms with Crippen molar-refractivity contribution in [2.45, 2.75) is 58.0 Å². The summed E-state index contributed by atoms with van der Waals surface area (Å²) >= 11 is 0. The molecular formula is C21H33N3O3. The fraction of sp³-hybridized carbons (Fsp3) is 0.667. The van der Waals surface area contributed by atoms with E-state index in [1.165, 1.54) is 24.1 Å². The topological polar surface area (TPSA) is 68.0 Å². The van der Waals surface area contributed by atoms with Gasteiger partial charge in [-0.2, -0.15) is 0 Å². The molecule has 0 spiro atoms. The lowest BCUT2D eigenvalue weighted by molar-refractivity contribution is 0.0205. The first-order chi connectivity index (χ1) is 12.8. The zero-order valence-electron chi connectivity index (χ0n) is 17.1. The van der Waals surface area contributed by atoms with E-state index >= 15 is 0 Å². The fourth-order valence-corrected chi connectivity index (χ4v) is 4.04. The van der Waals surface area contributed by atoms with Gasteiger partial charge in [-0.25, -0.2) is 4.79 Å². The third-order valence-electron chi connectivity index (χ3n) is 5.41. The first-order valence-corrected chi connectivity index (χ1v) is 9.99. The Morgan fingerprint density at radius 3 is 2.30 bits per heavy atom. The lowest BCUT2D eigenvalue weighted by Gasteiger charge is -2.35. The van der Waals surface area contributed by atoms with Crippen molar-refractivity contribution in [1.82, 2.24) is 4.90 Å². The van der Waals surface area contributed by atoms with E-state index in [1.54, 1.807) is 7.11 Å². The number of hydrogen-bond acceptors (Lipinski definition) is 5. The van der Waals surface area contributed by atoms with Gasteiger partial charge in [0.25, 0.3) is 0 Å². The van der Waals surface area contributed by atoms with Gasteiger partial charge in [0.1, 0.15) is 11.4 Å². The van der Waals surface area contributed by atoms with Gasteiger partial charge in [-0.05, 0) is 64.0 Å². The molecular weight excluding hydrogens is 342 g/mol. The van der Waals surface area contributed by atoms with Crippen LogP contribution in [0.5, 0.6) is 5.75 Å². The van der Waals surface area contributed by atoms with Crippen molar-refractivity contribution in [3.8, 4) is 5.75 Å². The molecule has 0 unspecified atom stereocenters. The maximum atomic E-state index is 12.3. The first kappa shape index (κ1) is 19.6. The van der Waals surface area contributed by atoms with E-state index in [9.17, 15) is 4.79 Å². The monoisotopic (exact) mass is 375 g/mol. The molecule has 0 radical (unpaired) electrons. The minimum Gasteiger partial charge on any atom is -0.495 e. The van der Waals surface area contributed by atoms with Gasteiger partial charge < -0.3 is 25.0 Å². The first-order valence-electron chi connectivity index (χ1n) is 9.99. The number of benzene rings is 1. The van der Waals surface area contributed by atoms with Crippen molar-refractivity contribution in [2.75, 3.05) is 43.9 Å². The second-order valence-corrected chi connectivity index (χ2v) is 8.59. The number of methoxy groups -OCH3 is 1. The average molecular weight is 376 g/mol. The van der Waals surface area contributed by atoms with Crippen LogP contribution in [0.25, 0.3) is 0 Å². The predicted octanol–water partition coefficient (Wildman–Crippen LogP) is 3.99. The lowest BCUT2D eigenvalue weighted by atomic mass is 9.87. The fourth-order valence-electron chi connectivity index (χ4n) is 4.04. The summed E-state index contributed by atoms with van der Waals surface area (Å²) in [7, 11) is 1.67. The maximum Gasteiger partial charge on any atom is 0.410 e. The van der Waals surface area contributed by atoms with Gasteiger partial charge in [0, 0.05) is 37.9 Å². The van der Waals surface area contributed by atoms with Gasteiger partial charge in [0.15, 0.2) is 0 Å².